The number of rotatable bonds is 9. The highest BCUT2D eigenvalue weighted by Gasteiger charge is 2.11. The molecule has 0 unspecified atom stereocenters. The third kappa shape index (κ3) is 5.21. The molecule has 0 radical (unpaired) electrons. The third-order valence-corrected chi connectivity index (χ3v) is 2.94. The van der Waals surface area contributed by atoms with Crippen molar-refractivity contribution in [2.45, 2.75) is 39.5 Å². The number of benzene rings is 1. The van der Waals surface area contributed by atoms with Crippen molar-refractivity contribution in [1.29, 1.82) is 0 Å². The molecular formula is C16H26N2O2. The van der Waals surface area contributed by atoms with Crippen molar-refractivity contribution in [3.63, 3.8) is 0 Å². The minimum Gasteiger partial charge on any atom is -0.481 e. The average Bonchev–Trinajstić information content (AvgIpc) is 2.49. The predicted octanol–water partition coefficient (Wildman–Crippen LogP) is 2.56. The Labute approximate surface area is 127 Å². The Morgan fingerprint density at radius 3 is 2.55 bits per heavy atom. The number of carboxylic acid groups (broad SMARTS) is 1. The van der Waals surface area contributed by atoms with E-state index in [1.165, 1.54) is 4.90 Å². The van der Waals surface area contributed by atoms with Crippen LogP contribution in [0.25, 0.3) is 0 Å². The summed E-state index contributed by atoms with van der Waals surface area (Å²) in [5.74, 6) is -0.987. The van der Waals surface area contributed by atoms with Gasteiger partial charge in [-0.15, -0.1) is 0 Å². The number of hydrogen-bond acceptors (Lipinski definition) is 3. The Kier molecular flexibility index (Phi) is 4.79. The first-order chi connectivity index (χ1) is 11.0. The largest absolute Gasteiger partial charge is 0.481 e. The van der Waals surface area contributed by atoms with Crippen molar-refractivity contribution in [3.05, 3.63) is 29.3 Å². The second kappa shape index (κ2) is 8.59. The van der Waals surface area contributed by atoms with Crippen LogP contribution in [0, 0.1) is 0 Å². The first kappa shape index (κ1) is 11.1. The van der Waals surface area contributed by atoms with E-state index >= 15 is 0 Å². The topological polar surface area (TPSA) is 66.6 Å². The van der Waals surface area contributed by atoms with Gasteiger partial charge in [0.05, 0.1) is 6.42 Å². The van der Waals surface area contributed by atoms with Gasteiger partial charge in [0.15, 0.2) is 0 Å². The summed E-state index contributed by atoms with van der Waals surface area (Å²) in [6.45, 7) is -0.0818. The lowest BCUT2D eigenvalue weighted by molar-refractivity contribution is -0.136. The van der Waals surface area contributed by atoms with Gasteiger partial charge in [0, 0.05) is 17.7 Å². The molecule has 0 saturated heterocycles. The summed E-state index contributed by atoms with van der Waals surface area (Å²) in [4.78, 5) is 12.3. The Morgan fingerprint density at radius 1 is 1.35 bits per heavy atom. The second-order valence-corrected chi connectivity index (χ2v) is 4.48. The van der Waals surface area contributed by atoms with Crippen LogP contribution < -0.4 is 5.73 Å². The monoisotopic (exact) mass is 282 g/mol. The van der Waals surface area contributed by atoms with E-state index in [0.717, 1.165) is 0 Å². The van der Waals surface area contributed by atoms with E-state index in [0.29, 0.717) is 23.2 Å². The third-order valence-electron chi connectivity index (χ3n) is 2.94. The molecule has 0 aromatic heterocycles. The Bertz CT molecular complexity index is 563. The average molecular weight is 282 g/mol. The van der Waals surface area contributed by atoms with Gasteiger partial charge in [-0.05, 0) is 49.4 Å². The second-order valence-electron chi connectivity index (χ2n) is 4.48. The molecule has 1 aromatic carbocycles. The number of nitrogen functional groups attached to an aromatic ring is 1. The molecule has 0 bridgehead atoms. The van der Waals surface area contributed by atoms with Crippen LogP contribution in [0.2, 0.25) is 0 Å². The summed E-state index contributed by atoms with van der Waals surface area (Å²) >= 11 is 0. The van der Waals surface area contributed by atoms with Crippen LogP contribution in [0.15, 0.2) is 18.2 Å². The van der Waals surface area contributed by atoms with Gasteiger partial charge in [0.1, 0.15) is 0 Å². The van der Waals surface area contributed by atoms with E-state index in [4.69, 9.17) is 16.3 Å². The van der Waals surface area contributed by atoms with E-state index in [-0.39, 0.29) is 25.8 Å². The zero-order valence-electron chi connectivity index (χ0n) is 16.1. The van der Waals surface area contributed by atoms with Crippen molar-refractivity contribution in [1.82, 2.24) is 4.90 Å². The minimum atomic E-state index is -1.78. The highest BCUT2D eigenvalue weighted by molar-refractivity contribution is 5.73. The molecule has 112 valence electrons. The molecule has 0 fully saturated rings. The molecule has 0 aliphatic carbocycles. The Hall–Kier alpha value is -1.55. The summed E-state index contributed by atoms with van der Waals surface area (Å²) in [6, 6.07) is 5.12. The van der Waals surface area contributed by atoms with Crippen molar-refractivity contribution in [2.75, 3.05) is 25.3 Å². The summed E-state index contributed by atoms with van der Waals surface area (Å²) in [5, 5.41) is 9.04. The number of carbonyl (C=O) groups is 1. The number of hydrogen-bond donors (Lipinski definition) is 2. The van der Waals surface area contributed by atoms with Crippen LogP contribution in [0.4, 0.5) is 5.69 Å². The fraction of sp³-hybridized carbons (Fsp3) is 0.562. The van der Waals surface area contributed by atoms with Gasteiger partial charge >= 0.3 is 5.97 Å². The van der Waals surface area contributed by atoms with Gasteiger partial charge in [0.25, 0.3) is 0 Å². The summed E-state index contributed by atoms with van der Waals surface area (Å²) < 4.78 is 32.4. The first-order valence-electron chi connectivity index (χ1n) is 8.91. The van der Waals surface area contributed by atoms with Crippen LogP contribution in [-0.2, 0) is 17.6 Å². The molecule has 4 nitrogen and oxygen atoms in total. The summed E-state index contributed by atoms with van der Waals surface area (Å²) in [6.07, 6.45) is 0.437. The highest BCUT2D eigenvalue weighted by atomic mass is 16.4. The van der Waals surface area contributed by atoms with E-state index in [1.807, 2.05) is 0 Å². The zero-order chi connectivity index (χ0) is 18.5. The number of aliphatic carboxylic acids is 1. The van der Waals surface area contributed by atoms with Crippen LogP contribution in [0.1, 0.15) is 43.3 Å². The SMILES string of the molecule is [2H]C([2H])(CC)N(CCc1cccc(N)c1CC(=O)O)C([2H])([2H])CC. The zero-order valence-corrected chi connectivity index (χ0v) is 12.1. The van der Waals surface area contributed by atoms with Gasteiger partial charge < -0.3 is 15.7 Å². The van der Waals surface area contributed by atoms with E-state index in [1.54, 1.807) is 32.0 Å². The maximum atomic E-state index is 11.0. The van der Waals surface area contributed by atoms with Crippen LogP contribution in [-0.4, -0.2) is 35.5 Å². The fourth-order valence-electron chi connectivity index (χ4n) is 2.08. The molecule has 0 atom stereocenters. The highest BCUT2D eigenvalue weighted by Crippen LogP contribution is 2.19. The van der Waals surface area contributed by atoms with Gasteiger partial charge in [0.2, 0.25) is 0 Å². The summed E-state index contributed by atoms with van der Waals surface area (Å²) in [7, 11) is 0. The minimum absolute atomic E-state index is 0.137. The normalized spacial score (nSPS) is 15.3. The van der Waals surface area contributed by atoms with Gasteiger partial charge in [-0.1, -0.05) is 26.0 Å². The number of nitrogens with two attached hydrogens (primary N) is 1. The number of anilines is 1. The van der Waals surface area contributed by atoms with E-state index in [9.17, 15) is 4.79 Å². The molecule has 0 aliphatic heterocycles. The summed E-state index contributed by atoms with van der Waals surface area (Å²) in [5.41, 5.74) is 7.48. The quantitative estimate of drug-likeness (QED) is 0.683. The van der Waals surface area contributed by atoms with Crippen molar-refractivity contribution in [3.8, 4) is 0 Å². The van der Waals surface area contributed by atoms with E-state index < -0.39 is 19.0 Å². The molecule has 4 heteroatoms. The maximum absolute atomic E-state index is 11.0. The smallest absolute Gasteiger partial charge is 0.307 e. The lowest BCUT2D eigenvalue weighted by Gasteiger charge is -2.21. The standard InChI is InChI=1S/C16H26N2O2/c1-3-9-18(10-4-2)11-8-13-6-5-7-15(17)14(13)12-16(19)20/h5-7H,3-4,8-12,17H2,1-2H3,(H,19,20)/i9D2,10D2. The molecule has 0 saturated carbocycles. The van der Waals surface area contributed by atoms with Crippen molar-refractivity contribution in [2.24, 2.45) is 0 Å². The van der Waals surface area contributed by atoms with Gasteiger partial charge in [-0.3, -0.25) is 4.79 Å². The number of nitrogens with zero attached hydrogens (tertiary/aromatic N) is 1. The lowest BCUT2D eigenvalue weighted by Crippen LogP contribution is -2.28. The predicted molar refractivity (Wildman–Crippen MR) is 82.9 cm³/mol. The van der Waals surface area contributed by atoms with Gasteiger partial charge in [-0.25, -0.2) is 0 Å². The first-order valence-corrected chi connectivity index (χ1v) is 6.91. The number of carboxylic acids is 1. The molecule has 0 amide bonds. The molecular weight excluding hydrogens is 252 g/mol. The van der Waals surface area contributed by atoms with Crippen LogP contribution in [0.3, 0.4) is 0 Å². The molecule has 0 heterocycles. The van der Waals surface area contributed by atoms with Gasteiger partial charge in [-0.2, -0.15) is 0 Å². The van der Waals surface area contributed by atoms with Crippen molar-refractivity contribution >= 4 is 11.7 Å². The van der Waals surface area contributed by atoms with E-state index in [2.05, 4.69) is 0 Å². The molecule has 1 aromatic rings. The molecule has 3 N–H and O–H groups in total. The Morgan fingerprint density at radius 2 is 2.00 bits per heavy atom. The Balaban J connectivity index is 3.08. The molecule has 20 heavy (non-hydrogen) atoms. The molecule has 1 rings (SSSR count). The fourth-order valence-corrected chi connectivity index (χ4v) is 2.08. The van der Waals surface area contributed by atoms with Crippen molar-refractivity contribution < 1.29 is 15.4 Å². The molecule has 0 aliphatic rings. The van der Waals surface area contributed by atoms with Crippen LogP contribution >= 0.6 is 0 Å². The lowest BCUT2D eigenvalue weighted by atomic mass is 9.99. The van der Waals surface area contributed by atoms with Crippen LogP contribution in [0.5, 0.6) is 0 Å². The molecule has 0 spiro atoms. The maximum Gasteiger partial charge on any atom is 0.307 e.